The van der Waals surface area contributed by atoms with Crippen LogP contribution in [-0.4, -0.2) is 24.8 Å². The van der Waals surface area contributed by atoms with E-state index in [2.05, 4.69) is 20.9 Å². The fourth-order valence-corrected chi connectivity index (χ4v) is 5.58. The summed E-state index contributed by atoms with van der Waals surface area (Å²) >= 11 is 4.72. The van der Waals surface area contributed by atoms with Crippen LogP contribution in [0.1, 0.15) is 24.3 Å². The molecule has 0 saturated carbocycles. The number of halogens is 1. The summed E-state index contributed by atoms with van der Waals surface area (Å²) in [4.78, 5) is 31.5. The molecule has 3 heterocycles. The van der Waals surface area contributed by atoms with Crippen LogP contribution < -0.4 is 19.6 Å². The summed E-state index contributed by atoms with van der Waals surface area (Å²) in [5.74, 6) is 1.37. The van der Waals surface area contributed by atoms with Gasteiger partial charge in [-0.2, -0.15) is 0 Å². The van der Waals surface area contributed by atoms with Gasteiger partial charge >= 0.3 is 5.97 Å². The van der Waals surface area contributed by atoms with Gasteiger partial charge in [0.15, 0.2) is 4.80 Å². The van der Waals surface area contributed by atoms with Crippen LogP contribution in [0.5, 0.6) is 5.75 Å². The largest absolute Gasteiger partial charge is 0.497 e. The van der Waals surface area contributed by atoms with E-state index in [1.54, 1.807) is 32.2 Å². The highest BCUT2D eigenvalue weighted by atomic mass is 79.9. The van der Waals surface area contributed by atoms with Crippen molar-refractivity contribution in [3.05, 3.63) is 107 Å². The van der Waals surface area contributed by atoms with Gasteiger partial charge in [-0.05, 0) is 48.9 Å². The predicted molar refractivity (Wildman–Crippen MR) is 141 cm³/mol. The summed E-state index contributed by atoms with van der Waals surface area (Å²) in [7, 11) is 2.90. The van der Waals surface area contributed by atoms with Gasteiger partial charge in [0.05, 0.1) is 36.1 Å². The van der Waals surface area contributed by atoms with E-state index in [0.29, 0.717) is 37.9 Å². The molecule has 0 saturated heterocycles. The minimum Gasteiger partial charge on any atom is -0.497 e. The van der Waals surface area contributed by atoms with Crippen LogP contribution in [0.4, 0.5) is 0 Å². The van der Waals surface area contributed by atoms with E-state index in [1.165, 1.54) is 23.0 Å². The lowest BCUT2D eigenvalue weighted by Gasteiger charge is -2.24. The number of carbonyl (C=O) groups is 1. The van der Waals surface area contributed by atoms with Crippen LogP contribution in [0.3, 0.4) is 0 Å². The molecular weight excluding hydrogens is 544 g/mol. The first-order valence-corrected chi connectivity index (χ1v) is 12.6. The highest BCUT2D eigenvalue weighted by Gasteiger charge is 2.33. The maximum Gasteiger partial charge on any atom is 0.338 e. The number of methoxy groups -OCH3 is 2. The van der Waals surface area contributed by atoms with Crippen LogP contribution in [0.25, 0.3) is 17.4 Å². The van der Waals surface area contributed by atoms with Crippen LogP contribution in [0, 0.1) is 0 Å². The number of allylic oxidation sites excluding steroid dienone is 1. The molecule has 2 aromatic carbocycles. The Morgan fingerprint density at radius 3 is 2.61 bits per heavy atom. The number of carbonyl (C=O) groups excluding carboxylic acids is 1. The van der Waals surface area contributed by atoms with Gasteiger partial charge in [-0.3, -0.25) is 9.36 Å². The smallest absolute Gasteiger partial charge is 0.338 e. The zero-order chi connectivity index (χ0) is 25.4. The molecular formula is C27H21BrN2O5S. The molecule has 0 amide bonds. The maximum atomic E-state index is 13.6. The number of thiazole rings is 1. The van der Waals surface area contributed by atoms with Crippen molar-refractivity contribution in [1.29, 1.82) is 0 Å². The Hall–Kier alpha value is -3.69. The Morgan fingerprint density at radius 2 is 1.92 bits per heavy atom. The van der Waals surface area contributed by atoms with E-state index in [0.717, 1.165) is 15.6 Å². The van der Waals surface area contributed by atoms with Gasteiger partial charge in [0.25, 0.3) is 5.56 Å². The molecule has 182 valence electrons. The fraction of sp³-hybridized carbons (Fsp3) is 0.148. The minimum atomic E-state index is -0.685. The topological polar surface area (TPSA) is 83.0 Å². The molecule has 0 unspecified atom stereocenters. The normalized spacial score (nSPS) is 15.4. The number of ether oxygens (including phenoxy) is 2. The number of aromatic nitrogens is 1. The number of fused-ring (bicyclic) bond motifs is 1. The highest BCUT2D eigenvalue weighted by molar-refractivity contribution is 9.10. The summed E-state index contributed by atoms with van der Waals surface area (Å²) in [5.41, 5.74) is 2.22. The molecule has 0 radical (unpaired) electrons. The number of benzene rings is 2. The average molecular weight is 565 g/mol. The lowest BCUT2D eigenvalue weighted by Crippen LogP contribution is -2.39. The number of nitrogens with zero attached hydrogens (tertiary/aromatic N) is 2. The van der Waals surface area contributed by atoms with E-state index < -0.39 is 12.0 Å². The number of hydrogen-bond acceptors (Lipinski definition) is 7. The Morgan fingerprint density at radius 1 is 1.14 bits per heavy atom. The molecule has 0 N–H and O–H groups in total. The quantitative estimate of drug-likeness (QED) is 0.335. The zero-order valence-corrected chi connectivity index (χ0v) is 22.1. The summed E-state index contributed by atoms with van der Waals surface area (Å²) in [6.07, 6.45) is 1.70. The molecule has 1 atom stereocenters. The van der Waals surface area contributed by atoms with Crippen molar-refractivity contribution >= 4 is 39.3 Å². The number of hydrogen-bond donors (Lipinski definition) is 0. The summed E-state index contributed by atoms with van der Waals surface area (Å²) < 4.78 is 19.3. The first kappa shape index (κ1) is 24.0. The SMILES string of the molecule is COC(=O)C1=C(C)N=c2s/c(=C/c3ccc(-c4cccc(Br)c4)o3)c(=O)n2[C@@H]1c1ccc(OC)cc1. The predicted octanol–water partition coefficient (Wildman–Crippen LogP) is 4.44. The summed E-state index contributed by atoms with van der Waals surface area (Å²) in [6.45, 7) is 1.75. The molecule has 0 bridgehead atoms. The van der Waals surface area contributed by atoms with Crippen molar-refractivity contribution in [2.45, 2.75) is 13.0 Å². The number of furan rings is 1. The van der Waals surface area contributed by atoms with E-state index in [1.807, 2.05) is 48.5 Å². The second-order valence-corrected chi connectivity index (χ2v) is 9.98. The lowest BCUT2D eigenvalue weighted by molar-refractivity contribution is -0.136. The monoisotopic (exact) mass is 564 g/mol. The molecule has 0 fully saturated rings. The summed E-state index contributed by atoms with van der Waals surface area (Å²) in [6, 6.07) is 18.0. The first-order chi connectivity index (χ1) is 17.4. The first-order valence-electron chi connectivity index (χ1n) is 11.0. The molecule has 0 spiro atoms. The van der Waals surface area contributed by atoms with Crippen LogP contribution in [0.15, 0.2) is 90.6 Å². The molecule has 7 nitrogen and oxygen atoms in total. The second kappa shape index (κ2) is 9.75. The highest BCUT2D eigenvalue weighted by Crippen LogP contribution is 2.31. The van der Waals surface area contributed by atoms with Gasteiger partial charge in [-0.25, -0.2) is 9.79 Å². The molecule has 9 heteroatoms. The van der Waals surface area contributed by atoms with Gasteiger partial charge in [0.2, 0.25) is 0 Å². The average Bonchev–Trinajstić information content (AvgIpc) is 3.47. The Balaban J connectivity index is 1.64. The van der Waals surface area contributed by atoms with E-state index >= 15 is 0 Å². The molecule has 1 aliphatic rings. The Kier molecular flexibility index (Phi) is 6.51. The zero-order valence-electron chi connectivity index (χ0n) is 19.7. The van der Waals surface area contributed by atoms with Gasteiger partial charge in [-0.15, -0.1) is 0 Å². The third-order valence-corrected chi connectivity index (χ3v) is 7.34. The molecule has 0 aliphatic carbocycles. The third-order valence-electron chi connectivity index (χ3n) is 5.87. The van der Waals surface area contributed by atoms with E-state index in [-0.39, 0.29) is 5.56 Å². The van der Waals surface area contributed by atoms with Crippen molar-refractivity contribution < 1.29 is 18.7 Å². The van der Waals surface area contributed by atoms with Gasteiger partial charge in [0, 0.05) is 16.1 Å². The minimum absolute atomic E-state index is 0.270. The third kappa shape index (κ3) is 4.36. The van der Waals surface area contributed by atoms with Crippen molar-refractivity contribution in [1.82, 2.24) is 4.57 Å². The molecule has 2 aromatic heterocycles. The van der Waals surface area contributed by atoms with Crippen molar-refractivity contribution in [3.63, 3.8) is 0 Å². The second-order valence-electron chi connectivity index (χ2n) is 8.06. The fourth-order valence-electron chi connectivity index (χ4n) is 4.15. The maximum absolute atomic E-state index is 13.6. The Bertz CT molecular complexity index is 1680. The van der Waals surface area contributed by atoms with Crippen LogP contribution >= 0.6 is 27.3 Å². The standard InChI is InChI=1S/C27H21BrN2O5S/c1-15-23(26(32)34-3)24(16-7-9-19(33-2)10-8-16)30-25(31)22(36-27(30)29-15)14-20-11-12-21(35-20)17-5-4-6-18(28)13-17/h4-14,24H,1-3H3/b22-14+/t24-/m1/s1. The Labute approximate surface area is 218 Å². The number of esters is 1. The van der Waals surface area contributed by atoms with Crippen LogP contribution in [0.2, 0.25) is 0 Å². The van der Waals surface area contributed by atoms with Crippen LogP contribution in [-0.2, 0) is 9.53 Å². The van der Waals surface area contributed by atoms with Gasteiger partial charge < -0.3 is 13.9 Å². The van der Waals surface area contributed by atoms with Crippen molar-refractivity contribution in [3.8, 4) is 17.1 Å². The van der Waals surface area contributed by atoms with Crippen molar-refractivity contribution in [2.75, 3.05) is 14.2 Å². The van der Waals surface area contributed by atoms with Crippen molar-refractivity contribution in [2.24, 2.45) is 4.99 Å². The van der Waals surface area contributed by atoms with Gasteiger partial charge in [-0.1, -0.05) is 51.5 Å². The summed E-state index contributed by atoms with van der Waals surface area (Å²) in [5, 5.41) is 0. The molecule has 36 heavy (non-hydrogen) atoms. The number of rotatable bonds is 5. The van der Waals surface area contributed by atoms with E-state index in [9.17, 15) is 9.59 Å². The van der Waals surface area contributed by atoms with Gasteiger partial charge in [0.1, 0.15) is 17.3 Å². The van der Waals surface area contributed by atoms with E-state index in [4.69, 9.17) is 13.9 Å². The molecule has 1 aliphatic heterocycles. The lowest BCUT2D eigenvalue weighted by atomic mass is 9.96. The molecule has 4 aromatic rings. The molecule has 5 rings (SSSR count).